The second kappa shape index (κ2) is 7.48. The van der Waals surface area contributed by atoms with E-state index in [9.17, 15) is 9.59 Å². The first-order valence-electron chi connectivity index (χ1n) is 9.47. The predicted molar refractivity (Wildman–Crippen MR) is 102 cm³/mol. The summed E-state index contributed by atoms with van der Waals surface area (Å²) in [5, 5.41) is 0. The van der Waals surface area contributed by atoms with Crippen molar-refractivity contribution in [1.82, 2.24) is 4.57 Å². The van der Waals surface area contributed by atoms with Gasteiger partial charge in [-0.25, -0.2) is 0 Å². The first-order chi connectivity index (χ1) is 12.4. The fraction of sp³-hybridized carbons (Fsp3) is 0.455. The number of hydrogen-bond acceptors (Lipinski definition) is 3. The molecule has 2 aromatic rings. The maximum atomic E-state index is 13.3. The summed E-state index contributed by atoms with van der Waals surface area (Å²) >= 11 is 0. The van der Waals surface area contributed by atoms with Gasteiger partial charge in [-0.1, -0.05) is 37.6 Å². The van der Waals surface area contributed by atoms with Gasteiger partial charge in [0, 0.05) is 17.8 Å². The van der Waals surface area contributed by atoms with Crippen molar-refractivity contribution in [3.63, 3.8) is 0 Å². The largest absolute Gasteiger partial charge is 0.462 e. The van der Waals surface area contributed by atoms with E-state index < -0.39 is 0 Å². The highest BCUT2D eigenvalue weighted by Crippen LogP contribution is 2.35. The summed E-state index contributed by atoms with van der Waals surface area (Å²) in [6.45, 7) is 8.46. The van der Waals surface area contributed by atoms with Gasteiger partial charge < -0.3 is 9.30 Å². The lowest BCUT2D eigenvalue weighted by Gasteiger charge is -2.12. The topological polar surface area (TPSA) is 48.3 Å². The van der Waals surface area contributed by atoms with Crippen LogP contribution >= 0.6 is 0 Å². The Morgan fingerprint density at radius 1 is 1.27 bits per heavy atom. The van der Waals surface area contributed by atoms with Gasteiger partial charge in [0.15, 0.2) is 0 Å². The van der Waals surface area contributed by atoms with Gasteiger partial charge in [0.1, 0.15) is 0 Å². The first-order valence-corrected chi connectivity index (χ1v) is 9.47. The Morgan fingerprint density at radius 3 is 2.69 bits per heavy atom. The third kappa shape index (κ3) is 3.33. The lowest BCUT2D eigenvalue weighted by molar-refractivity contribution is -0.149. The van der Waals surface area contributed by atoms with Crippen LogP contribution in [-0.2, 0) is 22.5 Å². The van der Waals surface area contributed by atoms with Crippen LogP contribution in [0.1, 0.15) is 72.4 Å². The molecule has 2 heterocycles. The molecular weight excluding hydrogens is 326 g/mol. The average Bonchev–Trinajstić information content (AvgIpc) is 3.12. The van der Waals surface area contributed by atoms with E-state index in [0.29, 0.717) is 18.7 Å². The summed E-state index contributed by atoms with van der Waals surface area (Å²) in [4.78, 5) is 25.7. The monoisotopic (exact) mass is 353 g/mol. The molecule has 0 N–H and O–H groups in total. The Kier molecular flexibility index (Phi) is 5.30. The first kappa shape index (κ1) is 18.4. The van der Waals surface area contributed by atoms with Crippen molar-refractivity contribution in [2.75, 3.05) is 0 Å². The molecule has 3 rings (SSSR count). The normalized spacial score (nSPS) is 16.0. The highest BCUT2D eigenvalue weighted by atomic mass is 16.5. The number of benzene rings is 1. The van der Waals surface area contributed by atoms with Gasteiger partial charge >= 0.3 is 5.97 Å². The molecule has 1 aromatic heterocycles. The number of ketones is 1. The number of esters is 1. The molecule has 1 atom stereocenters. The van der Waals surface area contributed by atoms with Gasteiger partial charge in [0.2, 0.25) is 5.78 Å². The third-order valence-electron chi connectivity index (χ3n) is 4.95. The molecule has 0 spiro atoms. The van der Waals surface area contributed by atoms with E-state index in [0.717, 1.165) is 35.2 Å². The number of carbonyl (C=O) groups excluding carboxylic acids is 2. The van der Waals surface area contributed by atoms with Crippen LogP contribution in [0.25, 0.3) is 0 Å². The van der Waals surface area contributed by atoms with Crippen LogP contribution in [0.15, 0.2) is 30.3 Å². The van der Waals surface area contributed by atoms with E-state index in [1.54, 1.807) is 0 Å². The Bertz CT molecular complexity index is 832. The van der Waals surface area contributed by atoms with Gasteiger partial charge in [0.25, 0.3) is 0 Å². The maximum Gasteiger partial charge on any atom is 0.315 e. The molecule has 0 aliphatic carbocycles. The molecule has 1 aliphatic rings. The molecule has 0 radical (unpaired) electrons. The molecule has 0 saturated heterocycles. The van der Waals surface area contributed by atoms with Crippen molar-refractivity contribution in [1.29, 1.82) is 0 Å². The van der Waals surface area contributed by atoms with E-state index in [1.807, 2.05) is 55.7 Å². The molecule has 4 nitrogen and oxygen atoms in total. The van der Waals surface area contributed by atoms with Gasteiger partial charge in [-0.15, -0.1) is 0 Å². The molecular formula is C22H27NO3. The third-order valence-corrected chi connectivity index (χ3v) is 4.95. The van der Waals surface area contributed by atoms with Crippen molar-refractivity contribution in [3.05, 3.63) is 58.4 Å². The zero-order valence-corrected chi connectivity index (χ0v) is 16.0. The molecule has 138 valence electrons. The van der Waals surface area contributed by atoms with Gasteiger partial charge in [-0.05, 0) is 50.8 Å². The standard InChI is InChI=1S/C22H27NO3/c1-5-8-16-9-6-7-10-17(16)21(24)20-15(4)13-19-18(11-12-23(19)20)22(25)26-14(2)3/h6-7,9-10,13-14,18H,5,8,11-12H2,1-4H3. The zero-order chi connectivity index (χ0) is 18.8. The average molecular weight is 353 g/mol. The number of nitrogens with zero attached hydrogens (tertiary/aromatic N) is 1. The van der Waals surface area contributed by atoms with Crippen molar-refractivity contribution in [2.45, 2.75) is 65.5 Å². The zero-order valence-electron chi connectivity index (χ0n) is 16.0. The van der Waals surface area contributed by atoms with E-state index in [2.05, 4.69) is 6.92 Å². The fourth-order valence-corrected chi connectivity index (χ4v) is 3.86. The molecule has 4 heteroatoms. The van der Waals surface area contributed by atoms with Crippen LogP contribution in [0.2, 0.25) is 0 Å². The Labute approximate surface area is 155 Å². The quantitative estimate of drug-likeness (QED) is 0.570. The van der Waals surface area contributed by atoms with Crippen molar-refractivity contribution in [3.8, 4) is 0 Å². The molecule has 0 bridgehead atoms. The van der Waals surface area contributed by atoms with Gasteiger partial charge in [-0.2, -0.15) is 0 Å². The molecule has 0 amide bonds. The lowest BCUT2D eigenvalue weighted by Crippen LogP contribution is -2.18. The summed E-state index contributed by atoms with van der Waals surface area (Å²) in [5.41, 5.74) is 4.40. The molecule has 1 unspecified atom stereocenters. The number of fused-ring (bicyclic) bond motifs is 1. The highest BCUT2D eigenvalue weighted by Gasteiger charge is 2.35. The number of aromatic nitrogens is 1. The number of ether oxygens (including phenoxy) is 1. The van der Waals surface area contributed by atoms with Crippen LogP contribution in [0.5, 0.6) is 0 Å². The number of carbonyl (C=O) groups is 2. The number of aryl methyl sites for hydroxylation is 2. The van der Waals surface area contributed by atoms with Crippen molar-refractivity contribution < 1.29 is 14.3 Å². The number of rotatable bonds is 6. The van der Waals surface area contributed by atoms with Crippen LogP contribution in [-0.4, -0.2) is 22.4 Å². The highest BCUT2D eigenvalue weighted by molar-refractivity contribution is 6.10. The maximum absolute atomic E-state index is 13.3. The van der Waals surface area contributed by atoms with Crippen LogP contribution < -0.4 is 0 Å². The summed E-state index contributed by atoms with van der Waals surface area (Å²) in [5.74, 6) is -0.416. The molecule has 26 heavy (non-hydrogen) atoms. The molecule has 1 aliphatic heterocycles. The summed E-state index contributed by atoms with van der Waals surface area (Å²) in [6.07, 6.45) is 2.45. The smallest absolute Gasteiger partial charge is 0.315 e. The van der Waals surface area contributed by atoms with E-state index >= 15 is 0 Å². The lowest BCUT2D eigenvalue weighted by atomic mass is 9.97. The van der Waals surface area contributed by atoms with E-state index in [-0.39, 0.29) is 23.8 Å². The molecule has 1 aromatic carbocycles. The minimum absolute atomic E-state index is 0.0516. The Hall–Kier alpha value is -2.36. The minimum Gasteiger partial charge on any atom is -0.462 e. The van der Waals surface area contributed by atoms with Crippen molar-refractivity contribution >= 4 is 11.8 Å². The summed E-state index contributed by atoms with van der Waals surface area (Å²) in [6, 6.07) is 9.82. The second-order valence-electron chi connectivity index (χ2n) is 7.32. The minimum atomic E-state index is -0.275. The van der Waals surface area contributed by atoms with E-state index in [1.165, 1.54) is 0 Å². The van der Waals surface area contributed by atoms with E-state index in [4.69, 9.17) is 4.74 Å². The van der Waals surface area contributed by atoms with Crippen molar-refractivity contribution in [2.24, 2.45) is 0 Å². The van der Waals surface area contributed by atoms with Crippen LogP contribution in [0.3, 0.4) is 0 Å². The Morgan fingerprint density at radius 2 is 2.00 bits per heavy atom. The SMILES string of the molecule is CCCc1ccccc1C(=O)c1c(C)cc2n1CCC2C(=O)OC(C)C. The summed E-state index contributed by atoms with van der Waals surface area (Å²) < 4.78 is 7.42. The van der Waals surface area contributed by atoms with Crippen LogP contribution in [0, 0.1) is 6.92 Å². The molecule has 0 fully saturated rings. The predicted octanol–water partition coefficient (Wildman–Crippen LogP) is 4.42. The molecule has 0 saturated carbocycles. The Balaban J connectivity index is 1.97. The van der Waals surface area contributed by atoms with Gasteiger partial charge in [0.05, 0.1) is 17.7 Å². The second-order valence-corrected chi connectivity index (χ2v) is 7.32. The fourth-order valence-electron chi connectivity index (χ4n) is 3.86. The van der Waals surface area contributed by atoms with Crippen LogP contribution in [0.4, 0.5) is 0 Å². The summed E-state index contributed by atoms with van der Waals surface area (Å²) in [7, 11) is 0. The van der Waals surface area contributed by atoms with Gasteiger partial charge in [-0.3, -0.25) is 9.59 Å². The number of hydrogen-bond donors (Lipinski definition) is 0.